The molecule has 1 saturated carbocycles. The molecule has 0 aromatic heterocycles. The highest BCUT2D eigenvalue weighted by Gasteiger charge is 2.18. The molecule has 0 amide bonds. The average Bonchev–Trinajstić information content (AvgIpc) is 2.98. The quantitative estimate of drug-likeness (QED) is 0.778. The van der Waals surface area contributed by atoms with E-state index >= 15 is 0 Å². The van der Waals surface area contributed by atoms with Crippen LogP contribution in [0.2, 0.25) is 0 Å². The predicted octanol–water partition coefficient (Wildman–Crippen LogP) is 3.03. The van der Waals surface area contributed by atoms with Gasteiger partial charge in [0.2, 0.25) is 0 Å². The van der Waals surface area contributed by atoms with Crippen LogP contribution in [0.1, 0.15) is 42.5 Å². The predicted molar refractivity (Wildman–Crippen MR) is 78.4 cm³/mol. The second kappa shape index (κ2) is 7.29. The summed E-state index contributed by atoms with van der Waals surface area (Å²) >= 11 is 0. The third-order valence-electron chi connectivity index (χ3n) is 3.98. The van der Waals surface area contributed by atoms with Gasteiger partial charge in [0.05, 0.1) is 6.61 Å². The van der Waals surface area contributed by atoms with Crippen molar-refractivity contribution >= 4 is 5.97 Å². The van der Waals surface area contributed by atoms with Gasteiger partial charge in [-0.15, -0.1) is 0 Å². The normalized spacial score (nSPS) is 15.7. The van der Waals surface area contributed by atoms with Crippen LogP contribution in [-0.4, -0.2) is 42.2 Å². The number of nitrogens with zero attached hydrogens (tertiary/aromatic N) is 1. The van der Waals surface area contributed by atoms with Crippen molar-refractivity contribution in [3.63, 3.8) is 0 Å². The number of hydrogen-bond donors (Lipinski definition) is 1. The van der Waals surface area contributed by atoms with E-state index in [-0.39, 0.29) is 5.56 Å². The van der Waals surface area contributed by atoms with E-state index in [1.807, 2.05) is 0 Å². The van der Waals surface area contributed by atoms with Crippen molar-refractivity contribution in [1.29, 1.82) is 0 Å². The van der Waals surface area contributed by atoms with Gasteiger partial charge in [-0.25, -0.2) is 4.79 Å². The summed E-state index contributed by atoms with van der Waals surface area (Å²) in [4.78, 5) is 13.5. The molecule has 1 aliphatic rings. The SMILES string of the molecule is CN(CCCOc1ccccc1C(=O)O)C1CCCC1. The second-order valence-corrected chi connectivity index (χ2v) is 5.42. The number of carbonyl (C=O) groups is 1. The first-order valence-electron chi connectivity index (χ1n) is 7.34. The lowest BCUT2D eigenvalue weighted by atomic mass is 10.2. The monoisotopic (exact) mass is 277 g/mol. The number of aromatic carboxylic acids is 1. The van der Waals surface area contributed by atoms with Gasteiger partial charge in [0.25, 0.3) is 0 Å². The molecule has 0 heterocycles. The summed E-state index contributed by atoms with van der Waals surface area (Å²) in [6, 6.07) is 7.52. The van der Waals surface area contributed by atoms with Crippen LogP contribution in [0, 0.1) is 0 Å². The van der Waals surface area contributed by atoms with E-state index < -0.39 is 5.97 Å². The Hall–Kier alpha value is -1.55. The van der Waals surface area contributed by atoms with Gasteiger partial charge in [0, 0.05) is 12.6 Å². The molecule has 20 heavy (non-hydrogen) atoms. The van der Waals surface area contributed by atoms with Crippen LogP contribution in [0.3, 0.4) is 0 Å². The van der Waals surface area contributed by atoms with Crippen molar-refractivity contribution in [1.82, 2.24) is 4.90 Å². The minimum atomic E-state index is -0.941. The zero-order valence-electron chi connectivity index (χ0n) is 12.0. The lowest BCUT2D eigenvalue weighted by Gasteiger charge is -2.23. The molecule has 0 atom stereocenters. The van der Waals surface area contributed by atoms with Gasteiger partial charge in [-0.3, -0.25) is 0 Å². The van der Waals surface area contributed by atoms with E-state index in [0.717, 1.165) is 19.0 Å². The highest BCUT2D eigenvalue weighted by Crippen LogP contribution is 2.22. The maximum atomic E-state index is 11.0. The standard InChI is InChI=1S/C16H23NO3/c1-17(13-7-2-3-8-13)11-6-12-20-15-10-5-4-9-14(15)16(18)19/h4-5,9-10,13H,2-3,6-8,11-12H2,1H3,(H,18,19). The smallest absolute Gasteiger partial charge is 0.339 e. The van der Waals surface area contributed by atoms with Crippen molar-refractivity contribution in [3.8, 4) is 5.75 Å². The van der Waals surface area contributed by atoms with Gasteiger partial charge in [0.1, 0.15) is 11.3 Å². The van der Waals surface area contributed by atoms with Crippen LogP contribution in [-0.2, 0) is 0 Å². The van der Waals surface area contributed by atoms with Crippen molar-refractivity contribution in [2.45, 2.75) is 38.1 Å². The van der Waals surface area contributed by atoms with Gasteiger partial charge in [-0.05, 0) is 38.4 Å². The number of ether oxygens (including phenoxy) is 1. The van der Waals surface area contributed by atoms with Gasteiger partial charge in [-0.2, -0.15) is 0 Å². The Kier molecular flexibility index (Phi) is 5.41. The summed E-state index contributed by atoms with van der Waals surface area (Å²) in [5.41, 5.74) is 0.233. The molecule has 1 aromatic rings. The molecule has 0 aliphatic heterocycles. The second-order valence-electron chi connectivity index (χ2n) is 5.42. The molecule has 110 valence electrons. The minimum Gasteiger partial charge on any atom is -0.493 e. The molecule has 1 aliphatic carbocycles. The summed E-state index contributed by atoms with van der Waals surface area (Å²) < 4.78 is 5.60. The van der Waals surface area contributed by atoms with Crippen molar-refractivity contribution in [2.75, 3.05) is 20.2 Å². The highest BCUT2D eigenvalue weighted by molar-refractivity contribution is 5.90. The van der Waals surface area contributed by atoms with Crippen LogP contribution < -0.4 is 4.74 Å². The van der Waals surface area contributed by atoms with Gasteiger partial charge in [0.15, 0.2) is 0 Å². The molecular formula is C16H23NO3. The molecule has 1 fully saturated rings. The molecular weight excluding hydrogens is 254 g/mol. The molecule has 0 saturated heterocycles. The topological polar surface area (TPSA) is 49.8 Å². The fourth-order valence-corrected chi connectivity index (χ4v) is 2.79. The third kappa shape index (κ3) is 3.97. The number of para-hydroxylation sites is 1. The Labute approximate surface area is 120 Å². The molecule has 2 rings (SSSR count). The Morgan fingerprint density at radius 1 is 1.35 bits per heavy atom. The molecule has 0 spiro atoms. The van der Waals surface area contributed by atoms with Crippen LogP contribution in [0.5, 0.6) is 5.75 Å². The van der Waals surface area contributed by atoms with Gasteiger partial charge >= 0.3 is 5.97 Å². The lowest BCUT2D eigenvalue weighted by Crippen LogP contribution is -2.30. The van der Waals surface area contributed by atoms with Gasteiger partial charge < -0.3 is 14.7 Å². The molecule has 0 unspecified atom stereocenters. The first-order valence-corrected chi connectivity index (χ1v) is 7.34. The molecule has 1 aromatic carbocycles. The van der Waals surface area contributed by atoms with Crippen molar-refractivity contribution in [2.24, 2.45) is 0 Å². The van der Waals surface area contributed by atoms with Crippen molar-refractivity contribution < 1.29 is 14.6 Å². The Morgan fingerprint density at radius 3 is 2.75 bits per heavy atom. The summed E-state index contributed by atoms with van der Waals surface area (Å²) in [5.74, 6) is -0.479. The van der Waals surface area contributed by atoms with E-state index in [2.05, 4.69) is 11.9 Å². The van der Waals surface area contributed by atoms with Gasteiger partial charge in [-0.1, -0.05) is 25.0 Å². The summed E-state index contributed by atoms with van der Waals surface area (Å²) in [6.07, 6.45) is 6.22. The number of benzene rings is 1. The third-order valence-corrected chi connectivity index (χ3v) is 3.98. The van der Waals surface area contributed by atoms with E-state index in [1.54, 1.807) is 24.3 Å². The minimum absolute atomic E-state index is 0.233. The number of hydrogen-bond acceptors (Lipinski definition) is 3. The van der Waals surface area contributed by atoms with E-state index in [9.17, 15) is 4.79 Å². The summed E-state index contributed by atoms with van der Waals surface area (Å²) in [5, 5.41) is 9.07. The van der Waals surface area contributed by atoms with Crippen LogP contribution in [0.4, 0.5) is 0 Å². The zero-order valence-corrected chi connectivity index (χ0v) is 12.0. The van der Waals surface area contributed by atoms with E-state index in [4.69, 9.17) is 9.84 Å². The number of rotatable bonds is 7. The summed E-state index contributed by atoms with van der Waals surface area (Å²) in [6.45, 7) is 1.56. The molecule has 4 heteroatoms. The number of carboxylic acids is 1. The maximum Gasteiger partial charge on any atom is 0.339 e. The molecule has 0 bridgehead atoms. The molecule has 4 nitrogen and oxygen atoms in total. The fraction of sp³-hybridized carbons (Fsp3) is 0.562. The highest BCUT2D eigenvalue weighted by atomic mass is 16.5. The zero-order chi connectivity index (χ0) is 14.4. The van der Waals surface area contributed by atoms with Crippen LogP contribution >= 0.6 is 0 Å². The fourth-order valence-electron chi connectivity index (χ4n) is 2.79. The maximum absolute atomic E-state index is 11.0. The average molecular weight is 277 g/mol. The van der Waals surface area contributed by atoms with Crippen molar-refractivity contribution in [3.05, 3.63) is 29.8 Å². The Bertz CT molecular complexity index is 441. The Balaban J connectivity index is 1.74. The van der Waals surface area contributed by atoms with E-state index in [0.29, 0.717) is 12.4 Å². The summed E-state index contributed by atoms with van der Waals surface area (Å²) in [7, 11) is 2.17. The van der Waals surface area contributed by atoms with E-state index in [1.165, 1.54) is 25.7 Å². The number of carboxylic acid groups (broad SMARTS) is 1. The van der Waals surface area contributed by atoms with Crippen LogP contribution in [0.25, 0.3) is 0 Å². The molecule has 0 radical (unpaired) electrons. The first-order chi connectivity index (χ1) is 9.68. The first kappa shape index (κ1) is 14.9. The molecule has 1 N–H and O–H groups in total. The van der Waals surface area contributed by atoms with Crippen LogP contribution in [0.15, 0.2) is 24.3 Å². The lowest BCUT2D eigenvalue weighted by molar-refractivity contribution is 0.0692. The largest absolute Gasteiger partial charge is 0.493 e. The Morgan fingerprint density at radius 2 is 2.05 bits per heavy atom.